The van der Waals surface area contributed by atoms with Crippen LogP contribution in [0.1, 0.15) is 43.0 Å². The summed E-state index contributed by atoms with van der Waals surface area (Å²) in [5.41, 5.74) is 2.94. The van der Waals surface area contributed by atoms with E-state index in [4.69, 9.17) is 9.47 Å². The van der Waals surface area contributed by atoms with Crippen molar-refractivity contribution in [2.75, 3.05) is 19.4 Å². The average molecular weight is 732 g/mol. The lowest BCUT2D eigenvalue weighted by Crippen LogP contribution is -2.56. The zero-order chi connectivity index (χ0) is 37.8. The van der Waals surface area contributed by atoms with E-state index < -0.39 is 46.3 Å². The summed E-state index contributed by atoms with van der Waals surface area (Å²) in [5, 5.41) is 10.2. The van der Waals surface area contributed by atoms with E-state index in [1.54, 1.807) is 20.8 Å². The first kappa shape index (κ1) is 38.6. The Balaban J connectivity index is 1.53. The Labute approximate surface area is 314 Å². The van der Waals surface area contributed by atoms with Crippen LogP contribution < -0.4 is 16.0 Å². The summed E-state index contributed by atoms with van der Waals surface area (Å²) in [6.45, 7) is 4.86. The maximum Gasteiger partial charge on any atom is 0.408 e. The Morgan fingerprint density at radius 3 is 1.72 bits per heavy atom. The SMILES string of the molecule is COC(=O)CNC(=O)[C@@H](Cc1cccc2ccccc12)NC(=O)[C@@H](CSC(c1ccccc1)(c1ccccc1)c1ccccc1)NC(=O)OC(C)(C)C. The van der Waals surface area contributed by atoms with Crippen molar-refractivity contribution in [1.82, 2.24) is 16.0 Å². The molecule has 9 nitrogen and oxygen atoms in total. The van der Waals surface area contributed by atoms with E-state index in [2.05, 4.69) is 52.3 Å². The number of amides is 3. The topological polar surface area (TPSA) is 123 Å². The maximum atomic E-state index is 14.5. The van der Waals surface area contributed by atoms with Crippen molar-refractivity contribution in [3.63, 3.8) is 0 Å². The minimum atomic E-state index is -1.14. The molecule has 53 heavy (non-hydrogen) atoms. The number of fused-ring (bicyclic) bond motifs is 1. The number of nitrogens with one attached hydrogen (secondary N) is 3. The second-order valence-corrected chi connectivity index (χ2v) is 14.7. The Hall–Kier alpha value is -5.61. The quantitative estimate of drug-likeness (QED) is 0.0851. The molecular formula is C43H45N3O6S. The van der Waals surface area contributed by atoms with Crippen LogP contribution in [0.25, 0.3) is 10.8 Å². The minimum Gasteiger partial charge on any atom is -0.468 e. The molecule has 0 aliphatic heterocycles. The molecule has 0 radical (unpaired) electrons. The second-order valence-electron chi connectivity index (χ2n) is 13.5. The zero-order valence-electron chi connectivity index (χ0n) is 30.3. The van der Waals surface area contributed by atoms with Gasteiger partial charge in [0.05, 0.1) is 11.9 Å². The fourth-order valence-electron chi connectivity index (χ4n) is 6.14. The fraction of sp³-hybridized carbons (Fsp3) is 0.256. The summed E-state index contributed by atoms with van der Waals surface area (Å²) in [7, 11) is 1.23. The van der Waals surface area contributed by atoms with E-state index in [-0.39, 0.29) is 18.7 Å². The number of carbonyl (C=O) groups excluding carboxylic acids is 4. The Kier molecular flexibility index (Phi) is 12.9. The summed E-state index contributed by atoms with van der Waals surface area (Å²) in [6, 6.07) is 41.3. The van der Waals surface area contributed by atoms with Gasteiger partial charge in [-0.25, -0.2) is 4.79 Å². The summed E-state index contributed by atoms with van der Waals surface area (Å²) in [6.07, 6.45) is -0.655. The molecule has 274 valence electrons. The Bertz CT molecular complexity index is 1900. The molecule has 5 aromatic carbocycles. The van der Waals surface area contributed by atoms with Crippen molar-refractivity contribution in [3.8, 4) is 0 Å². The predicted octanol–water partition coefficient (Wildman–Crippen LogP) is 6.77. The highest BCUT2D eigenvalue weighted by Gasteiger charge is 2.39. The molecule has 3 N–H and O–H groups in total. The molecule has 0 spiro atoms. The molecule has 3 amide bonds. The number of alkyl carbamates (subject to hydrolysis) is 1. The van der Waals surface area contributed by atoms with Gasteiger partial charge in [0.15, 0.2) is 0 Å². The standard InChI is InChI=1S/C43H45N3O6S/c1-42(2,3)52-41(50)46-37(29-53-43(32-20-8-5-9-21-32,33-22-10-6-11-23-33)34-24-12-7-13-25-34)40(49)45-36(39(48)44-28-38(47)51-4)27-31-19-16-18-30-17-14-15-26-35(30)31/h5-26,36-37H,27-29H2,1-4H3,(H,44,48)(H,45,49)(H,46,50)/t36-,37-/m1/s1. The molecule has 0 saturated carbocycles. The summed E-state index contributed by atoms with van der Waals surface area (Å²) in [5.74, 6) is -1.71. The highest BCUT2D eigenvalue weighted by Crippen LogP contribution is 2.48. The van der Waals surface area contributed by atoms with E-state index in [1.165, 1.54) is 18.9 Å². The van der Waals surface area contributed by atoms with Crippen LogP contribution in [0.5, 0.6) is 0 Å². The molecule has 0 heterocycles. The number of hydrogen-bond donors (Lipinski definition) is 3. The number of methoxy groups -OCH3 is 1. The van der Waals surface area contributed by atoms with Gasteiger partial charge in [0, 0.05) is 12.2 Å². The molecule has 0 unspecified atom stereocenters. The molecule has 5 rings (SSSR count). The lowest BCUT2D eigenvalue weighted by Gasteiger charge is -2.36. The molecule has 0 aliphatic carbocycles. The van der Waals surface area contributed by atoms with E-state index in [9.17, 15) is 19.2 Å². The summed E-state index contributed by atoms with van der Waals surface area (Å²) >= 11 is 1.49. The number of esters is 1. The van der Waals surface area contributed by atoms with Crippen LogP contribution in [0, 0.1) is 0 Å². The van der Waals surface area contributed by atoms with Crippen LogP contribution in [0.15, 0.2) is 133 Å². The summed E-state index contributed by atoms with van der Waals surface area (Å²) in [4.78, 5) is 53.5. The first-order valence-corrected chi connectivity index (χ1v) is 18.4. The molecule has 0 fully saturated rings. The monoisotopic (exact) mass is 731 g/mol. The van der Waals surface area contributed by atoms with Gasteiger partial charge < -0.3 is 25.4 Å². The van der Waals surface area contributed by atoms with Gasteiger partial charge in [-0.05, 0) is 53.8 Å². The molecule has 0 saturated heterocycles. The minimum absolute atomic E-state index is 0.0918. The lowest BCUT2D eigenvalue weighted by atomic mass is 9.84. The van der Waals surface area contributed by atoms with Crippen molar-refractivity contribution in [1.29, 1.82) is 0 Å². The lowest BCUT2D eigenvalue weighted by molar-refractivity contribution is -0.141. The average Bonchev–Trinajstić information content (AvgIpc) is 3.17. The highest BCUT2D eigenvalue weighted by atomic mass is 32.2. The number of ether oxygens (including phenoxy) is 2. The molecule has 0 aliphatic rings. The third kappa shape index (κ3) is 10.0. The predicted molar refractivity (Wildman–Crippen MR) is 209 cm³/mol. The zero-order valence-corrected chi connectivity index (χ0v) is 31.2. The van der Waals surface area contributed by atoms with E-state index in [0.29, 0.717) is 0 Å². The van der Waals surface area contributed by atoms with Gasteiger partial charge in [-0.15, -0.1) is 11.8 Å². The van der Waals surface area contributed by atoms with Gasteiger partial charge in [-0.3, -0.25) is 14.4 Å². The molecule has 2 atom stereocenters. The number of benzene rings is 5. The van der Waals surface area contributed by atoms with Gasteiger partial charge in [0.1, 0.15) is 24.2 Å². The fourth-order valence-corrected chi connectivity index (χ4v) is 7.70. The van der Waals surface area contributed by atoms with E-state index in [1.807, 2.05) is 97.1 Å². The third-order valence-corrected chi connectivity index (χ3v) is 10.2. The van der Waals surface area contributed by atoms with Gasteiger partial charge in [0.25, 0.3) is 0 Å². The number of rotatable bonds is 14. The molecular weight excluding hydrogens is 687 g/mol. The van der Waals surface area contributed by atoms with Crippen LogP contribution in [0.2, 0.25) is 0 Å². The van der Waals surface area contributed by atoms with Gasteiger partial charge in [-0.2, -0.15) is 0 Å². The largest absolute Gasteiger partial charge is 0.468 e. The normalized spacial score (nSPS) is 12.6. The van der Waals surface area contributed by atoms with Crippen molar-refractivity contribution >= 4 is 46.4 Å². The third-order valence-electron chi connectivity index (χ3n) is 8.59. The summed E-state index contributed by atoms with van der Waals surface area (Å²) < 4.78 is 9.54. The van der Waals surface area contributed by atoms with Crippen molar-refractivity contribution in [3.05, 3.63) is 156 Å². The molecule has 0 bridgehead atoms. The van der Waals surface area contributed by atoms with Crippen LogP contribution >= 0.6 is 11.8 Å². The number of thioether (sulfide) groups is 1. The molecule has 5 aromatic rings. The van der Waals surface area contributed by atoms with Gasteiger partial charge >= 0.3 is 12.1 Å². The van der Waals surface area contributed by atoms with Crippen LogP contribution in [0.3, 0.4) is 0 Å². The first-order chi connectivity index (χ1) is 25.5. The van der Waals surface area contributed by atoms with Crippen LogP contribution in [-0.2, 0) is 35.0 Å². The van der Waals surface area contributed by atoms with Crippen molar-refractivity contribution in [2.24, 2.45) is 0 Å². The van der Waals surface area contributed by atoms with Gasteiger partial charge in [0.2, 0.25) is 11.8 Å². The molecule has 10 heteroatoms. The Morgan fingerprint density at radius 1 is 0.642 bits per heavy atom. The van der Waals surface area contributed by atoms with Crippen LogP contribution in [0.4, 0.5) is 4.79 Å². The highest BCUT2D eigenvalue weighted by molar-refractivity contribution is 8.00. The number of carbonyl (C=O) groups is 4. The second kappa shape index (κ2) is 17.7. The van der Waals surface area contributed by atoms with Crippen molar-refractivity contribution < 1.29 is 28.7 Å². The smallest absolute Gasteiger partial charge is 0.408 e. The van der Waals surface area contributed by atoms with Gasteiger partial charge in [-0.1, -0.05) is 133 Å². The van der Waals surface area contributed by atoms with Crippen molar-refractivity contribution in [2.45, 2.75) is 49.6 Å². The van der Waals surface area contributed by atoms with E-state index >= 15 is 0 Å². The Morgan fingerprint density at radius 2 is 1.17 bits per heavy atom. The van der Waals surface area contributed by atoms with Crippen LogP contribution in [-0.4, -0.2) is 61.0 Å². The molecule has 0 aromatic heterocycles. The van der Waals surface area contributed by atoms with E-state index in [0.717, 1.165) is 33.0 Å². The first-order valence-electron chi connectivity index (χ1n) is 17.4. The maximum absolute atomic E-state index is 14.5. The number of hydrogen-bond acceptors (Lipinski definition) is 7.